The third-order valence-corrected chi connectivity index (χ3v) is 4.34. The van der Waals surface area contributed by atoms with Gasteiger partial charge in [0, 0.05) is 30.4 Å². The Balaban J connectivity index is 1.93. The van der Waals surface area contributed by atoms with Crippen LogP contribution in [0.1, 0.15) is 12.8 Å². The van der Waals surface area contributed by atoms with E-state index in [1.807, 2.05) is 6.07 Å². The first-order valence-electron chi connectivity index (χ1n) is 8.15. The van der Waals surface area contributed by atoms with E-state index in [2.05, 4.69) is 10.1 Å². The fourth-order valence-corrected chi connectivity index (χ4v) is 2.85. The van der Waals surface area contributed by atoms with Gasteiger partial charge in [0.25, 0.3) is 10.5 Å². The summed E-state index contributed by atoms with van der Waals surface area (Å²) in [7, 11) is 1.31. The Labute approximate surface area is 143 Å². The zero-order valence-electron chi connectivity index (χ0n) is 13.8. The number of hydrogen-bond donors (Lipinski definition) is 0. The van der Waals surface area contributed by atoms with Crippen molar-refractivity contribution in [3.63, 3.8) is 0 Å². The van der Waals surface area contributed by atoms with Crippen LogP contribution in [0.2, 0.25) is 0 Å². The van der Waals surface area contributed by atoms with Crippen LogP contribution in [0.5, 0.6) is 0 Å². The molecule has 0 aliphatic heterocycles. The minimum atomic E-state index is -0.128. The molecule has 0 N–H and O–H groups in total. The van der Waals surface area contributed by atoms with Gasteiger partial charge in [0.15, 0.2) is 7.11 Å². The predicted octanol–water partition coefficient (Wildman–Crippen LogP) is 2.84. The number of hydrogen-bond acceptors (Lipinski definition) is 5. The lowest BCUT2D eigenvalue weighted by atomic mass is 10.1. The van der Waals surface area contributed by atoms with Crippen LogP contribution in [0.15, 0.2) is 47.4 Å². The molecule has 0 amide bonds. The van der Waals surface area contributed by atoms with Crippen molar-refractivity contribution in [1.29, 1.82) is 0 Å². The smallest absolute Gasteiger partial charge is 0.267 e. The molecule has 1 aliphatic carbocycles. The topological polar surface area (TPSA) is 77.1 Å². The van der Waals surface area contributed by atoms with Crippen LogP contribution in [-0.4, -0.2) is 26.8 Å². The number of aromatic nitrogens is 3. The molecule has 0 atom stereocenters. The molecule has 0 spiro atoms. The zero-order chi connectivity index (χ0) is 17.4. The maximum absolute atomic E-state index is 12.7. The molecule has 1 fully saturated rings. The van der Waals surface area contributed by atoms with Crippen LogP contribution in [0, 0.1) is 10.8 Å². The largest absolute Gasteiger partial charge is 0.317 e. The van der Waals surface area contributed by atoms with Crippen molar-refractivity contribution >= 4 is 16.6 Å². The van der Waals surface area contributed by atoms with Gasteiger partial charge in [0.2, 0.25) is 0 Å². The summed E-state index contributed by atoms with van der Waals surface area (Å²) in [6, 6.07) is 10.4. The number of nitrogens with zero attached hydrogens (tertiary/aromatic N) is 4. The van der Waals surface area contributed by atoms with Gasteiger partial charge in [-0.1, -0.05) is 12.1 Å². The van der Waals surface area contributed by atoms with E-state index in [4.69, 9.17) is 4.84 Å². The molecule has 3 aromatic rings. The minimum absolute atomic E-state index is 0.128. The van der Waals surface area contributed by atoms with Gasteiger partial charge in [0.05, 0.1) is 10.3 Å². The highest BCUT2D eigenvalue weighted by Crippen LogP contribution is 2.31. The molecule has 7 heteroatoms. The van der Waals surface area contributed by atoms with Gasteiger partial charge in [-0.15, -0.1) is 0 Å². The van der Waals surface area contributed by atoms with Crippen molar-refractivity contribution < 1.29 is 9.76 Å². The molecule has 1 saturated carbocycles. The lowest BCUT2D eigenvalue weighted by molar-refractivity contribution is -0.736. The van der Waals surface area contributed by atoms with Gasteiger partial charge in [-0.2, -0.15) is 5.10 Å². The third-order valence-electron chi connectivity index (χ3n) is 4.34. The Morgan fingerprint density at radius 1 is 1.28 bits per heavy atom. The highest BCUT2D eigenvalue weighted by molar-refractivity contribution is 5.90. The second-order valence-electron chi connectivity index (χ2n) is 6.17. The van der Waals surface area contributed by atoms with Crippen molar-refractivity contribution in [2.45, 2.75) is 19.4 Å². The van der Waals surface area contributed by atoms with Gasteiger partial charge in [-0.25, -0.2) is 9.52 Å². The van der Waals surface area contributed by atoms with Crippen molar-refractivity contribution in [2.24, 2.45) is 5.92 Å². The summed E-state index contributed by atoms with van der Waals surface area (Å²) in [5.74, 6) is 0.518. The first kappa shape index (κ1) is 15.4. The average molecular weight is 337 g/mol. The Hall–Kier alpha value is -3.09. The quantitative estimate of drug-likeness (QED) is 0.669. The molecule has 25 heavy (non-hydrogen) atoms. The number of fused-ring (bicyclic) bond motifs is 1. The third kappa shape index (κ3) is 2.88. The van der Waals surface area contributed by atoms with E-state index < -0.39 is 0 Å². The van der Waals surface area contributed by atoms with E-state index in [-0.39, 0.29) is 5.56 Å². The summed E-state index contributed by atoms with van der Waals surface area (Å²) in [5, 5.41) is 5.09. The maximum atomic E-state index is 12.7. The summed E-state index contributed by atoms with van der Waals surface area (Å²) in [6.07, 6.45) is 3.89. The molecule has 126 valence electrons. The van der Waals surface area contributed by atoms with E-state index in [0.717, 1.165) is 12.8 Å². The molecule has 2 heterocycles. The van der Waals surface area contributed by atoms with Crippen LogP contribution in [0.3, 0.4) is 0 Å². The summed E-state index contributed by atoms with van der Waals surface area (Å²) in [6.45, 7) is 0.613. The van der Waals surface area contributed by atoms with Gasteiger partial charge in [-0.05, 0) is 30.9 Å². The Bertz CT molecular complexity index is 1020. The lowest BCUT2D eigenvalue weighted by Gasteiger charge is -2.10. The Morgan fingerprint density at radius 2 is 2.12 bits per heavy atom. The van der Waals surface area contributed by atoms with Crippen molar-refractivity contribution in [3.8, 4) is 11.3 Å². The summed E-state index contributed by atoms with van der Waals surface area (Å²) < 4.78 is 1.52. The average Bonchev–Trinajstić information content (AvgIpc) is 3.47. The molecule has 1 aliphatic rings. The molecule has 0 saturated heterocycles. The molecule has 2 aromatic heterocycles. The van der Waals surface area contributed by atoms with Crippen molar-refractivity contribution in [2.75, 3.05) is 7.11 Å². The minimum Gasteiger partial charge on any atom is -0.267 e. The molecule has 7 nitrogen and oxygen atoms in total. The lowest BCUT2D eigenvalue weighted by Crippen LogP contribution is -2.25. The van der Waals surface area contributed by atoms with E-state index in [1.54, 1.807) is 36.5 Å². The molecular formula is C18H17N4O3+. The number of pyridine rings is 1. The monoisotopic (exact) mass is 337 g/mol. The van der Waals surface area contributed by atoms with Gasteiger partial charge in [-0.3, -0.25) is 9.78 Å². The number of rotatable bonds is 5. The van der Waals surface area contributed by atoms with Crippen molar-refractivity contribution in [1.82, 2.24) is 14.8 Å². The fourth-order valence-electron chi connectivity index (χ4n) is 2.85. The Morgan fingerprint density at radius 3 is 2.88 bits per heavy atom. The summed E-state index contributed by atoms with van der Waals surface area (Å²) in [5.41, 5.74) is 2.06. The highest BCUT2D eigenvalue weighted by Gasteiger charge is 2.24. The standard InChI is InChI=1S/C18H17N4O3/c1-25-22(24)14-5-2-4-13(10-14)16-17-15(6-3-9-19-17)18(23)21(20-16)11-12-7-8-12/h2-6,9-10,12H,7-8,11H2,1H3/q+1. The van der Waals surface area contributed by atoms with Crippen LogP contribution in [0.4, 0.5) is 5.69 Å². The second-order valence-corrected chi connectivity index (χ2v) is 6.17. The van der Waals surface area contributed by atoms with Gasteiger partial charge < -0.3 is 0 Å². The molecular weight excluding hydrogens is 320 g/mol. The fraction of sp³-hybridized carbons (Fsp3) is 0.278. The molecule has 4 rings (SSSR count). The van der Waals surface area contributed by atoms with E-state index in [1.165, 1.54) is 11.8 Å². The van der Waals surface area contributed by atoms with Crippen LogP contribution in [-0.2, 0) is 11.4 Å². The van der Waals surface area contributed by atoms with Crippen LogP contribution in [0.25, 0.3) is 22.2 Å². The second kappa shape index (κ2) is 6.08. The normalized spacial score (nSPS) is 13.8. The highest BCUT2D eigenvalue weighted by atomic mass is 16.8. The van der Waals surface area contributed by atoms with Gasteiger partial charge >= 0.3 is 5.69 Å². The Kier molecular flexibility index (Phi) is 3.76. The van der Waals surface area contributed by atoms with E-state index in [9.17, 15) is 9.70 Å². The number of benzene rings is 1. The molecule has 0 unspecified atom stereocenters. The first-order chi connectivity index (χ1) is 12.2. The van der Waals surface area contributed by atoms with E-state index >= 15 is 0 Å². The predicted molar refractivity (Wildman–Crippen MR) is 92.3 cm³/mol. The van der Waals surface area contributed by atoms with Gasteiger partial charge in [0.1, 0.15) is 11.2 Å². The van der Waals surface area contributed by atoms with Crippen LogP contribution < -0.4 is 5.56 Å². The summed E-state index contributed by atoms with van der Waals surface area (Å²) >= 11 is 0. The maximum Gasteiger partial charge on any atom is 0.317 e. The molecule has 1 aromatic carbocycles. The summed E-state index contributed by atoms with van der Waals surface area (Å²) in [4.78, 5) is 33.9. The van der Waals surface area contributed by atoms with E-state index in [0.29, 0.717) is 45.2 Å². The zero-order valence-corrected chi connectivity index (χ0v) is 13.8. The first-order valence-corrected chi connectivity index (χ1v) is 8.15. The molecule has 0 radical (unpaired) electrons. The SMILES string of the molecule is CO[N+](=O)c1cccc(-c2nn(CC3CC3)c(=O)c3cccnc23)c1. The molecule has 0 bridgehead atoms. The van der Waals surface area contributed by atoms with Crippen LogP contribution >= 0.6 is 0 Å². The van der Waals surface area contributed by atoms with Crippen molar-refractivity contribution in [3.05, 3.63) is 57.9 Å².